The minimum atomic E-state index is -0.768. The summed E-state index contributed by atoms with van der Waals surface area (Å²) >= 11 is 0. The number of nitrogens with zero attached hydrogens (tertiary/aromatic N) is 1. The lowest BCUT2D eigenvalue weighted by atomic mass is 10.2. The summed E-state index contributed by atoms with van der Waals surface area (Å²) in [5, 5.41) is 2.49. The predicted octanol–water partition coefficient (Wildman–Crippen LogP) is 2.07. The molecule has 2 amide bonds. The van der Waals surface area contributed by atoms with E-state index < -0.39 is 17.8 Å². The fourth-order valence-electron chi connectivity index (χ4n) is 2.13. The van der Waals surface area contributed by atoms with Crippen molar-refractivity contribution in [3.63, 3.8) is 0 Å². The van der Waals surface area contributed by atoms with Crippen LogP contribution in [0.2, 0.25) is 0 Å². The highest BCUT2D eigenvalue weighted by Gasteiger charge is 2.19. The number of nitrogens with one attached hydrogen (secondary N) is 1. The summed E-state index contributed by atoms with van der Waals surface area (Å²) in [6.45, 7) is 0.329. The largest absolute Gasteiger partial charge is 0.465 e. The molecule has 124 valence electrons. The average Bonchev–Trinajstić information content (AvgIpc) is 2.61. The molecule has 0 heterocycles. The molecule has 6 heteroatoms. The Morgan fingerprint density at radius 2 is 1.75 bits per heavy atom. The minimum Gasteiger partial charge on any atom is -0.465 e. The first kappa shape index (κ1) is 17.2. The molecule has 0 saturated carbocycles. The predicted molar refractivity (Wildman–Crippen MR) is 89.3 cm³/mol. The van der Waals surface area contributed by atoms with Crippen molar-refractivity contribution in [2.75, 3.05) is 19.5 Å². The van der Waals surface area contributed by atoms with Crippen molar-refractivity contribution in [2.45, 2.75) is 6.54 Å². The number of hydrogen-bond donors (Lipinski definition) is 1. The molecule has 0 fully saturated rings. The van der Waals surface area contributed by atoms with Crippen LogP contribution < -0.4 is 5.32 Å². The number of anilines is 1. The zero-order valence-electron chi connectivity index (χ0n) is 13.5. The molecule has 24 heavy (non-hydrogen) atoms. The van der Waals surface area contributed by atoms with Crippen LogP contribution in [0.4, 0.5) is 5.69 Å². The summed E-state index contributed by atoms with van der Waals surface area (Å²) in [4.78, 5) is 37.0. The maximum atomic E-state index is 12.1. The van der Waals surface area contributed by atoms with Crippen LogP contribution in [0.25, 0.3) is 0 Å². The number of methoxy groups -OCH3 is 1. The Morgan fingerprint density at radius 1 is 1.04 bits per heavy atom. The highest BCUT2D eigenvalue weighted by atomic mass is 16.5. The molecule has 0 unspecified atom stereocenters. The normalized spacial score (nSPS) is 9.92. The number of amides is 2. The first-order valence-electron chi connectivity index (χ1n) is 7.30. The molecular weight excluding hydrogens is 308 g/mol. The number of benzene rings is 2. The zero-order valence-corrected chi connectivity index (χ0v) is 13.5. The van der Waals surface area contributed by atoms with Gasteiger partial charge in [-0.25, -0.2) is 4.79 Å². The van der Waals surface area contributed by atoms with Crippen molar-refractivity contribution in [2.24, 2.45) is 0 Å². The van der Waals surface area contributed by atoms with Gasteiger partial charge in [0, 0.05) is 19.3 Å². The molecule has 1 N–H and O–H groups in total. The number of esters is 1. The van der Waals surface area contributed by atoms with E-state index in [0.29, 0.717) is 17.8 Å². The Bertz CT molecular complexity index is 744. The summed E-state index contributed by atoms with van der Waals surface area (Å²) in [6.07, 6.45) is 0. The molecule has 0 spiro atoms. The topological polar surface area (TPSA) is 75.7 Å². The molecule has 2 rings (SSSR count). The molecular formula is C18H18N2O4. The van der Waals surface area contributed by atoms with E-state index in [9.17, 15) is 14.4 Å². The summed E-state index contributed by atoms with van der Waals surface area (Å²) in [5.41, 5.74) is 1.57. The third kappa shape index (κ3) is 4.42. The van der Waals surface area contributed by atoms with Crippen LogP contribution in [0.5, 0.6) is 0 Å². The van der Waals surface area contributed by atoms with Crippen LogP contribution in [0.3, 0.4) is 0 Å². The SMILES string of the molecule is COC(=O)c1cccc(NC(=O)C(=O)N(C)Cc2ccccc2)c1. The van der Waals surface area contributed by atoms with Crippen molar-refractivity contribution in [3.8, 4) is 0 Å². The van der Waals surface area contributed by atoms with E-state index in [1.54, 1.807) is 25.2 Å². The summed E-state index contributed by atoms with van der Waals surface area (Å²) in [5.74, 6) is -1.95. The third-order valence-corrected chi connectivity index (χ3v) is 3.35. The van der Waals surface area contributed by atoms with Crippen LogP contribution in [-0.2, 0) is 20.9 Å². The fraction of sp³-hybridized carbons (Fsp3) is 0.167. The van der Waals surface area contributed by atoms with E-state index in [4.69, 9.17) is 0 Å². The van der Waals surface area contributed by atoms with Gasteiger partial charge in [0.2, 0.25) is 0 Å². The van der Waals surface area contributed by atoms with Gasteiger partial charge in [0.15, 0.2) is 0 Å². The van der Waals surface area contributed by atoms with Crippen molar-refractivity contribution < 1.29 is 19.1 Å². The van der Waals surface area contributed by atoms with Crippen molar-refractivity contribution in [3.05, 3.63) is 65.7 Å². The second-order valence-electron chi connectivity index (χ2n) is 5.17. The smallest absolute Gasteiger partial charge is 0.337 e. The van der Waals surface area contributed by atoms with Gasteiger partial charge in [0.05, 0.1) is 12.7 Å². The standard InChI is InChI=1S/C18H18N2O4/c1-20(12-13-7-4-3-5-8-13)17(22)16(21)19-15-10-6-9-14(11-15)18(23)24-2/h3-11H,12H2,1-2H3,(H,19,21). The molecule has 0 aliphatic heterocycles. The first-order valence-corrected chi connectivity index (χ1v) is 7.30. The van der Waals surface area contributed by atoms with Crippen LogP contribution in [0.15, 0.2) is 54.6 Å². The number of ether oxygens (including phenoxy) is 1. The third-order valence-electron chi connectivity index (χ3n) is 3.35. The Morgan fingerprint density at radius 3 is 2.42 bits per heavy atom. The Labute approximate surface area is 140 Å². The lowest BCUT2D eigenvalue weighted by Crippen LogP contribution is -2.36. The maximum absolute atomic E-state index is 12.1. The van der Waals surface area contributed by atoms with Gasteiger partial charge in [-0.2, -0.15) is 0 Å². The summed E-state index contributed by atoms with van der Waals surface area (Å²) in [7, 11) is 2.83. The van der Waals surface area contributed by atoms with Gasteiger partial charge in [0.1, 0.15) is 0 Å². The average molecular weight is 326 g/mol. The first-order chi connectivity index (χ1) is 11.5. The van der Waals surface area contributed by atoms with Crippen LogP contribution in [0, 0.1) is 0 Å². The number of likely N-dealkylation sites (N-methyl/N-ethyl adjacent to an activating group) is 1. The van der Waals surface area contributed by atoms with Gasteiger partial charge >= 0.3 is 17.8 Å². The molecule has 0 aliphatic carbocycles. The highest BCUT2D eigenvalue weighted by Crippen LogP contribution is 2.12. The Balaban J connectivity index is 2.01. The second-order valence-corrected chi connectivity index (χ2v) is 5.17. The van der Waals surface area contributed by atoms with Crippen molar-refractivity contribution >= 4 is 23.5 Å². The molecule has 2 aromatic carbocycles. The summed E-state index contributed by atoms with van der Waals surface area (Å²) < 4.78 is 4.62. The van der Waals surface area contributed by atoms with E-state index in [1.165, 1.54) is 18.1 Å². The Hall–Kier alpha value is -3.15. The van der Waals surface area contributed by atoms with Gasteiger partial charge in [0.25, 0.3) is 0 Å². The van der Waals surface area contributed by atoms with E-state index in [2.05, 4.69) is 10.1 Å². The van der Waals surface area contributed by atoms with E-state index >= 15 is 0 Å². The van der Waals surface area contributed by atoms with E-state index in [1.807, 2.05) is 30.3 Å². The summed E-state index contributed by atoms with van der Waals surface area (Å²) in [6, 6.07) is 15.6. The van der Waals surface area contributed by atoms with Crippen LogP contribution in [0.1, 0.15) is 15.9 Å². The maximum Gasteiger partial charge on any atom is 0.337 e. The fourth-order valence-corrected chi connectivity index (χ4v) is 2.13. The van der Waals surface area contributed by atoms with Gasteiger partial charge in [-0.1, -0.05) is 36.4 Å². The molecule has 0 bridgehead atoms. The molecule has 0 aromatic heterocycles. The second kappa shape index (κ2) is 7.92. The van der Waals surface area contributed by atoms with Gasteiger partial charge in [-0.3, -0.25) is 9.59 Å². The highest BCUT2D eigenvalue weighted by molar-refractivity contribution is 6.39. The van der Waals surface area contributed by atoms with Gasteiger partial charge in [-0.15, -0.1) is 0 Å². The Kier molecular flexibility index (Phi) is 5.68. The van der Waals surface area contributed by atoms with Gasteiger partial charge < -0.3 is 15.0 Å². The van der Waals surface area contributed by atoms with Crippen molar-refractivity contribution in [1.82, 2.24) is 4.90 Å². The molecule has 2 aromatic rings. The molecule has 0 radical (unpaired) electrons. The van der Waals surface area contributed by atoms with Gasteiger partial charge in [-0.05, 0) is 23.8 Å². The number of carbonyl (C=O) groups excluding carboxylic acids is 3. The minimum absolute atomic E-state index is 0.292. The van der Waals surface area contributed by atoms with Crippen LogP contribution in [-0.4, -0.2) is 36.8 Å². The molecule has 0 atom stereocenters. The lowest BCUT2D eigenvalue weighted by molar-refractivity contribution is -0.142. The van der Waals surface area contributed by atoms with Crippen LogP contribution >= 0.6 is 0 Å². The lowest BCUT2D eigenvalue weighted by Gasteiger charge is -2.16. The number of rotatable bonds is 4. The van der Waals surface area contributed by atoms with E-state index in [0.717, 1.165) is 5.56 Å². The quantitative estimate of drug-likeness (QED) is 0.689. The monoisotopic (exact) mass is 326 g/mol. The number of carbonyl (C=O) groups is 3. The van der Waals surface area contributed by atoms with E-state index in [-0.39, 0.29) is 0 Å². The van der Waals surface area contributed by atoms with Crippen molar-refractivity contribution in [1.29, 1.82) is 0 Å². The molecule has 0 saturated heterocycles. The molecule has 0 aliphatic rings. The molecule has 6 nitrogen and oxygen atoms in total. The number of hydrogen-bond acceptors (Lipinski definition) is 4. The zero-order chi connectivity index (χ0) is 17.5.